The third kappa shape index (κ3) is 4.56. The van der Waals surface area contributed by atoms with E-state index in [1.165, 1.54) is 34.8 Å². The van der Waals surface area contributed by atoms with E-state index in [2.05, 4.69) is 11.4 Å². The third-order valence-electron chi connectivity index (χ3n) is 5.97. The van der Waals surface area contributed by atoms with Crippen molar-refractivity contribution in [3.05, 3.63) is 94.6 Å². The van der Waals surface area contributed by atoms with Crippen molar-refractivity contribution >= 4 is 51.8 Å². The normalized spacial score (nSPS) is 13.0. The minimum absolute atomic E-state index is 0.0905. The predicted octanol–water partition coefficient (Wildman–Crippen LogP) is 6.86. The summed E-state index contributed by atoms with van der Waals surface area (Å²) in [4.78, 5) is 26.8. The average Bonchev–Trinajstić information content (AvgIpc) is 3.17. The van der Waals surface area contributed by atoms with Crippen LogP contribution in [0.15, 0.2) is 77.7 Å². The molecule has 0 atom stereocenters. The lowest BCUT2D eigenvalue weighted by molar-refractivity contribution is 0.0942. The molecule has 1 aliphatic carbocycles. The van der Waals surface area contributed by atoms with Gasteiger partial charge in [-0.2, -0.15) is 0 Å². The van der Waals surface area contributed by atoms with Crippen molar-refractivity contribution in [2.24, 2.45) is 0 Å². The third-order valence-corrected chi connectivity index (χ3v) is 7.18. The zero-order valence-corrected chi connectivity index (χ0v) is 19.6. The van der Waals surface area contributed by atoms with Crippen LogP contribution in [0.4, 0.5) is 5.69 Å². The second-order valence-corrected chi connectivity index (χ2v) is 9.64. The summed E-state index contributed by atoms with van der Waals surface area (Å²) >= 11 is 7.48. The first kappa shape index (κ1) is 21.8. The van der Waals surface area contributed by atoms with Crippen LogP contribution in [0.5, 0.6) is 0 Å². The smallest absolute Gasteiger partial charge is 0.255 e. The Balaban J connectivity index is 1.32. The minimum atomic E-state index is -0.221. The molecule has 1 amide bonds. The van der Waals surface area contributed by atoms with Crippen molar-refractivity contribution in [3.63, 3.8) is 0 Å². The van der Waals surface area contributed by atoms with Crippen LogP contribution in [0.3, 0.4) is 0 Å². The Morgan fingerprint density at radius 2 is 1.76 bits per heavy atom. The number of thioether (sulfide) groups is 1. The first-order chi connectivity index (χ1) is 16.1. The molecule has 0 spiro atoms. The van der Waals surface area contributed by atoms with Gasteiger partial charge in [0.15, 0.2) is 0 Å². The van der Waals surface area contributed by atoms with E-state index >= 15 is 0 Å². The summed E-state index contributed by atoms with van der Waals surface area (Å²) in [5, 5.41) is 4.63. The number of halogens is 1. The number of para-hydroxylation sites is 1. The number of nitrogens with zero attached hydrogens (tertiary/aromatic N) is 1. The Morgan fingerprint density at radius 1 is 0.939 bits per heavy atom. The predicted molar refractivity (Wildman–Crippen MR) is 136 cm³/mol. The van der Waals surface area contributed by atoms with E-state index < -0.39 is 0 Å². The standard InChI is InChI=1S/C27H23ClN2O2S/c28-19-8-5-7-18(15-19)27(32)29-20-9-6-10-21(16-20)33-17-26(31)30-24-13-3-1-11-22(24)23-12-2-4-14-25(23)30/h1,3,5-11,13,15-16H,2,4,12,14,17H2,(H,29,32). The van der Waals surface area contributed by atoms with Crippen LogP contribution in [0.2, 0.25) is 5.02 Å². The second-order valence-electron chi connectivity index (χ2n) is 8.16. The van der Waals surface area contributed by atoms with Crippen molar-refractivity contribution in [3.8, 4) is 0 Å². The second kappa shape index (κ2) is 9.46. The van der Waals surface area contributed by atoms with Crippen LogP contribution < -0.4 is 5.32 Å². The maximum Gasteiger partial charge on any atom is 0.255 e. The maximum absolute atomic E-state index is 13.3. The summed E-state index contributed by atoms with van der Waals surface area (Å²) in [5.74, 6) is 0.200. The number of anilines is 1. The van der Waals surface area contributed by atoms with Gasteiger partial charge in [-0.25, -0.2) is 0 Å². The number of fused-ring (bicyclic) bond motifs is 3. The molecule has 0 aliphatic heterocycles. The molecule has 33 heavy (non-hydrogen) atoms. The van der Waals surface area contributed by atoms with Gasteiger partial charge in [-0.15, -0.1) is 11.8 Å². The summed E-state index contributed by atoms with van der Waals surface area (Å²) in [5.41, 5.74) is 4.70. The first-order valence-electron chi connectivity index (χ1n) is 11.0. The Morgan fingerprint density at radius 3 is 2.64 bits per heavy atom. The van der Waals surface area contributed by atoms with Gasteiger partial charge in [0.2, 0.25) is 5.91 Å². The summed E-state index contributed by atoms with van der Waals surface area (Å²) < 4.78 is 1.93. The maximum atomic E-state index is 13.3. The lowest BCUT2D eigenvalue weighted by Gasteiger charge is -2.15. The largest absolute Gasteiger partial charge is 0.322 e. The van der Waals surface area contributed by atoms with Crippen LogP contribution in [-0.2, 0) is 12.8 Å². The van der Waals surface area contributed by atoms with Gasteiger partial charge in [-0.05, 0) is 73.7 Å². The van der Waals surface area contributed by atoms with Crippen LogP contribution in [0.1, 0.15) is 39.3 Å². The summed E-state index contributed by atoms with van der Waals surface area (Å²) in [6.45, 7) is 0. The van der Waals surface area contributed by atoms with Gasteiger partial charge in [0.25, 0.3) is 5.91 Å². The van der Waals surface area contributed by atoms with E-state index in [9.17, 15) is 9.59 Å². The zero-order valence-electron chi connectivity index (χ0n) is 18.0. The van der Waals surface area contributed by atoms with E-state index in [1.807, 2.05) is 47.0 Å². The highest BCUT2D eigenvalue weighted by atomic mass is 35.5. The number of hydrogen-bond acceptors (Lipinski definition) is 3. The number of carbonyl (C=O) groups is 2. The van der Waals surface area contributed by atoms with E-state index in [-0.39, 0.29) is 11.8 Å². The molecule has 1 heterocycles. The van der Waals surface area contributed by atoms with E-state index in [0.717, 1.165) is 29.7 Å². The van der Waals surface area contributed by atoms with E-state index in [4.69, 9.17) is 11.6 Å². The molecule has 0 unspecified atom stereocenters. The number of amides is 1. The molecule has 4 nitrogen and oxygen atoms in total. The van der Waals surface area contributed by atoms with Crippen molar-refractivity contribution in [1.82, 2.24) is 4.57 Å². The molecule has 0 saturated carbocycles. The quantitative estimate of drug-likeness (QED) is 0.321. The number of carbonyl (C=O) groups excluding carboxylic acids is 2. The highest BCUT2D eigenvalue weighted by Gasteiger charge is 2.23. The van der Waals surface area contributed by atoms with Crippen molar-refractivity contribution < 1.29 is 9.59 Å². The van der Waals surface area contributed by atoms with Gasteiger partial charge >= 0.3 is 0 Å². The topological polar surface area (TPSA) is 51.1 Å². The Kier molecular flexibility index (Phi) is 6.25. The van der Waals surface area contributed by atoms with Gasteiger partial charge in [-0.3, -0.25) is 14.2 Å². The molecule has 4 aromatic rings. The lowest BCUT2D eigenvalue weighted by atomic mass is 9.96. The molecule has 0 saturated heterocycles. The van der Waals surface area contributed by atoms with Gasteiger partial charge in [0.05, 0.1) is 11.3 Å². The molecule has 166 valence electrons. The Hall–Kier alpha value is -3.02. The molecule has 0 bridgehead atoms. The van der Waals surface area contributed by atoms with E-state index in [1.54, 1.807) is 24.3 Å². The fraction of sp³-hybridized carbons (Fsp3) is 0.185. The minimum Gasteiger partial charge on any atom is -0.322 e. The van der Waals surface area contributed by atoms with Gasteiger partial charge < -0.3 is 5.32 Å². The molecule has 1 aromatic heterocycles. The van der Waals surface area contributed by atoms with Crippen LogP contribution in [0, 0.1) is 0 Å². The number of benzene rings is 3. The van der Waals surface area contributed by atoms with Gasteiger partial charge in [0.1, 0.15) is 0 Å². The summed E-state index contributed by atoms with van der Waals surface area (Å²) in [6, 6.07) is 22.6. The monoisotopic (exact) mass is 474 g/mol. The Bertz CT molecular complexity index is 1360. The van der Waals surface area contributed by atoms with Crippen LogP contribution >= 0.6 is 23.4 Å². The molecule has 0 radical (unpaired) electrons. The number of aryl methyl sites for hydroxylation is 1. The number of rotatable bonds is 5. The Labute approximate surface area is 201 Å². The van der Waals surface area contributed by atoms with Gasteiger partial charge in [0, 0.05) is 32.2 Å². The molecule has 5 rings (SSSR count). The molecular formula is C27H23ClN2O2S. The molecule has 0 fully saturated rings. The van der Waals surface area contributed by atoms with Gasteiger partial charge in [-0.1, -0.05) is 41.9 Å². The fourth-order valence-electron chi connectivity index (χ4n) is 4.49. The van der Waals surface area contributed by atoms with Crippen LogP contribution in [0.25, 0.3) is 10.9 Å². The summed E-state index contributed by atoms with van der Waals surface area (Å²) in [7, 11) is 0. The number of nitrogens with one attached hydrogen (secondary N) is 1. The molecule has 1 N–H and O–H groups in total. The number of hydrogen-bond donors (Lipinski definition) is 1. The van der Waals surface area contributed by atoms with Crippen molar-refractivity contribution in [2.75, 3.05) is 11.1 Å². The van der Waals surface area contributed by atoms with Crippen LogP contribution in [-0.4, -0.2) is 22.1 Å². The van der Waals surface area contributed by atoms with Crippen molar-refractivity contribution in [2.45, 2.75) is 30.6 Å². The zero-order chi connectivity index (χ0) is 22.8. The van der Waals surface area contributed by atoms with E-state index in [0.29, 0.717) is 22.0 Å². The average molecular weight is 475 g/mol. The molecule has 1 aliphatic rings. The lowest BCUT2D eigenvalue weighted by Crippen LogP contribution is -2.18. The SMILES string of the molecule is O=C(Nc1cccc(SCC(=O)n2c3c(c4ccccc42)CCCC3)c1)c1cccc(Cl)c1. The first-order valence-corrected chi connectivity index (χ1v) is 12.4. The fourth-order valence-corrected chi connectivity index (χ4v) is 5.48. The summed E-state index contributed by atoms with van der Waals surface area (Å²) in [6.07, 6.45) is 4.29. The molecule has 6 heteroatoms. The highest BCUT2D eigenvalue weighted by molar-refractivity contribution is 8.00. The highest BCUT2D eigenvalue weighted by Crippen LogP contribution is 2.33. The number of aromatic nitrogens is 1. The molecule has 3 aromatic carbocycles. The molecular weight excluding hydrogens is 452 g/mol. The van der Waals surface area contributed by atoms with Crippen molar-refractivity contribution in [1.29, 1.82) is 0 Å².